The van der Waals surface area contributed by atoms with Crippen molar-refractivity contribution in [2.24, 2.45) is 0 Å². The molecule has 0 aliphatic heterocycles. The molecule has 0 spiro atoms. The molecule has 12 nitrogen and oxygen atoms in total. The number of rotatable bonds is 12. The summed E-state index contributed by atoms with van der Waals surface area (Å²) in [5.74, 6) is -2.60. The summed E-state index contributed by atoms with van der Waals surface area (Å²) in [5.41, 5.74) is 4.38. The molecule has 2 rings (SSSR count). The van der Waals surface area contributed by atoms with Crippen molar-refractivity contribution in [3.63, 3.8) is 0 Å². The SMILES string of the molecule is CCNO[C@@H](Cn1c(=O)c(C(C)=O)nc2cc(C)c(C)cc21)[C@H](OC(C)=O)[C@@H](COC(C)=O)OC(C)=O. The highest BCUT2D eigenvalue weighted by molar-refractivity contribution is 5.93. The molecule has 0 radical (unpaired) electrons. The van der Waals surface area contributed by atoms with Gasteiger partial charge in [0, 0.05) is 34.2 Å². The second-order valence-electron chi connectivity index (χ2n) is 8.54. The highest BCUT2D eigenvalue weighted by Gasteiger charge is 2.38. The molecule has 202 valence electrons. The van der Waals surface area contributed by atoms with Crippen LogP contribution in [0.25, 0.3) is 11.0 Å². The highest BCUT2D eigenvalue weighted by Crippen LogP contribution is 2.21. The third kappa shape index (κ3) is 7.92. The maximum atomic E-state index is 13.4. The fourth-order valence-electron chi connectivity index (χ4n) is 3.68. The first-order chi connectivity index (χ1) is 17.3. The van der Waals surface area contributed by atoms with Gasteiger partial charge in [-0.1, -0.05) is 6.92 Å². The Balaban J connectivity index is 2.72. The van der Waals surface area contributed by atoms with E-state index in [1.807, 2.05) is 13.8 Å². The molecule has 0 amide bonds. The maximum absolute atomic E-state index is 13.4. The van der Waals surface area contributed by atoms with E-state index in [4.69, 9.17) is 19.0 Å². The van der Waals surface area contributed by atoms with Gasteiger partial charge in [0.25, 0.3) is 5.56 Å². The predicted molar refractivity (Wildman–Crippen MR) is 132 cm³/mol. The van der Waals surface area contributed by atoms with E-state index in [0.29, 0.717) is 17.6 Å². The molecule has 0 saturated carbocycles. The van der Waals surface area contributed by atoms with Crippen molar-refractivity contribution in [3.8, 4) is 0 Å². The number of hydroxylamine groups is 1. The van der Waals surface area contributed by atoms with E-state index < -0.39 is 54.2 Å². The average molecular weight is 520 g/mol. The summed E-state index contributed by atoms with van der Waals surface area (Å²) in [7, 11) is 0. The summed E-state index contributed by atoms with van der Waals surface area (Å²) in [5, 5.41) is 0. The number of ether oxygens (including phenoxy) is 3. The second kappa shape index (κ2) is 13.1. The van der Waals surface area contributed by atoms with Crippen LogP contribution in [0.2, 0.25) is 0 Å². The Bertz CT molecular complexity index is 1240. The number of carbonyl (C=O) groups excluding carboxylic acids is 4. The van der Waals surface area contributed by atoms with Crippen molar-refractivity contribution in [2.45, 2.75) is 73.3 Å². The number of Topliss-reactive ketones (excluding diaryl/α,β-unsaturated/α-hetero) is 1. The van der Waals surface area contributed by atoms with Gasteiger partial charge in [-0.05, 0) is 37.1 Å². The standard InChI is InChI=1S/C25H33N3O9/c1-8-26-37-21(24(36-18(7)32)22(35-17(6)31)12-34-16(5)30)11-28-20-10-14(3)13(2)9-19(20)27-23(15(4)29)25(28)33/h9-10,21-22,24,26H,8,11-12H2,1-7H3/t21-,22+,24-/m0/s1. The summed E-state index contributed by atoms with van der Waals surface area (Å²) < 4.78 is 17.1. The zero-order valence-corrected chi connectivity index (χ0v) is 22.1. The van der Waals surface area contributed by atoms with Crippen LogP contribution in [-0.4, -0.2) is 64.7 Å². The quantitative estimate of drug-likeness (QED) is 0.188. The van der Waals surface area contributed by atoms with Crippen molar-refractivity contribution >= 4 is 34.7 Å². The number of nitrogens with zero attached hydrogens (tertiary/aromatic N) is 2. The smallest absolute Gasteiger partial charge is 0.303 e. The van der Waals surface area contributed by atoms with Crippen LogP contribution in [0.15, 0.2) is 16.9 Å². The first-order valence-electron chi connectivity index (χ1n) is 11.7. The Morgan fingerprint density at radius 2 is 1.57 bits per heavy atom. The van der Waals surface area contributed by atoms with Crippen LogP contribution < -0.4 is 11.0 Å². The van der Waals surface area contributed by atoms with E-state index >= 15 is 0 Å². The molecule has 1 aromatic heterocycles. The third-order valence-corrected chi connectivity index (χ3v) is 5.44. The van der Waals surface area contributed by atoms with Crippen molar-refractivity contribution in [2.75, 3.05) is 13.2 Å². The molecule has 1 heterocycles. The minimum atomic E-state index is -1.30. The Hall–Kier alpha value is -3.64. The molecule has 0 unspecified atom stereocenters. The number of fused-ring (bicyclic) bond motifs is 1. The fourth-order valence-corrected chi connectivity index (χ4v) is 3.68. The summed E-state index contributed by atoms with van der Waals surface area (Å²) in [4.78, 5) is 71.0. The maximum Gasteiger partial charge on any atom is 0.303 e. The van der Waals surface area contributed by atoms with Gasteiger partial charge in [0.1, 0.15) is 12.7 Å². The zero-order chi connectivity index (χ0) is 27.9. The number of hydrogen-bond acceptors (Lipinski definition) is 11. The molecule has 1 aromatic carbocycles. The molecule has 0 aliphatic rings. The third-order valence-electron chi connectivity index (χ3n) is 5.44. The Kier molecular flexibility index (Phi) is 10.4. The number of aryl methyl sites for hydroxylation is 2. The number of hydrogen-bond donors (Lipinski definition) is 1. The first-order valence-corrected chi connectivity index (χ1v) is 11.7. The van der Waals surface area contributed by atoms with Gasteiger partial charge >= 0.3 is 17.9 Å². The molecule has 0 fully saturated rings. The van der Waals surface area contributed by atoms with E-state index in [2.05, 4.69) is 10.5 Å². The van der Waals surface area contributed by atoms with Gasteiger partial charge in [-0.15, -0.1) is 0 Å². The topological polar surface area (TPSA) is 152 Å². The van der Waals surface area contributed by atoms with Crippen molar-refractivity contribution in [1.29, 1.82) is 0 Å². The van der Waals surface area contributed by atoms with E-state index in [0.717, 1.165) is 25.0 Å². The predicted octanol–water partition coefficient (Wildman–Crippen LogP) is 1.55. The molecule has 12 heteroatoms. The minimum absolute atomic E-state index is 0.233. The van der Waals surface area contributed by atoms with Crippen LogP contribution in [0.3, 0.4) is 0 Å². The molecule has 0 aliphatic carbocycles. The lowest BCUT2D eigenvalue weighted by molar-refractivity contribution is -0.193. The number of carbonyl (C=O) groups is 4. The van der Waals surface area contributed by atoms with Crippen LogP contribution in [-0.2, 0) is 40.0 Å². The lowest BCUT2D eigenvalue weighted by Crippen LogP contribution is -2.51. The van der Waals surface area contributed by atoms with Crippen molar-refractivity contribution < 1.29 is 38.2 Å². The summed E-state index contributed by atoms with van der Waals surface area (Å²) >= 11 is 0. The van der Waals surface area contributed by atoms with E-state index in [-0.39, 0.29) is 12.2 Å². The molecule has 3 atom stereocenters. The summed E-state index contributed by atoms with van der Waals surface area (Å²) in [6.45, 7) is 9.91. The first kappa shape index (κ1) is 29.6. The largest absolute Gasteiger partial charge is 0.462 e. The van der Waals surface area contributed by atoms with Gasteiger partial charge in [-0.3, -0.25) is 28.8 Å². The number of ketones is 1. The molecule has 0 bridgehead atoms. The van der Waals surface area contributed by atoms with Crippen LogP contribution >= 0.6 is 0 Å². The van der Waals surface area contributed by atoms with Crippen molar-refractivity contribution in [3.05, 3.63) is 39.3 Å². The average Bonchev–Trinajstić information content (AvgIpc) is 2.79. The Labute approximate surface area is 214 Å². The molecule has 37 heavy (non-hydrogen) atoms. The lowest BCUT2D eigenvalue weighted by atomic mass is 10.1. The van der Waals surface area contributed by atoms with Crippen LogP contribution in [0.5, 0.6) is 0 Å². The second-order valence-corrected chi connectivity index (χ2v) is 8.54. The summed E-state index contributed by atoms with van der Waals surface area (Å²) in [6.07, 6.45) is -3.69. The van der Waals surface area contributed by atoms with Gasteiger partial charge in [-0.25, -0.2) is 10.5 Å². The van der Waals surface area contributed by atoms with Crippen LogP contribution in [0.1, 0.15) is 56.2 Å². The number of benzene rings is 1. The van der Waals surface area contributed by atoms with Gasteiger partial charge in [-0.2, -0.15) is 0 Å². The number of nitrogens with one attached hydrogen (secondary N) is 1. The van der Waals surface area contributed by atoms with Crippen LogP contribution in [0, 0.1) is 13.8 Å². The summed E-state index contributed by atoms with van der Waals surface area (Å²) in [6, 6.07) is 3.52. The molecular formula is C25H33N3O9. The lowest BCUT2D eigenvalue weighted by Gasteiger charge is -2.32. The van der Waals surface area contributed by atoms with Gasteiger partial charge in [0.15, 0.2) is 23.7 Å². The van der Waals surface area contributed by atoms with Crippen molar-refractivity contribution in [1.82, 2.24) is 15.0 Å². The highest BCUT2D eigenvalue weighted by atomic mass is 16.7. The van der Waals surface area contributed by atoms with Gasteiger partial charge in [0.2, 0.25) is 0 Å². The number of aromatic nitrogens is 2. The van der Waals surface area contributed by atoms with E-state index in [1.165, 1.54) is 18.4 Å². The van der Waals surface area contributed by atoms with Gasteiger partial charge in [0.05, 0.1) is 17.6 Å². The van der Waals surface area contributed by atoms with E-state index in [9.17, 15) is 24.0 Å². The Morgan fingerprint density at radius 1 is 0.946 bits per heavy atom. The minimum Gasteiger partial charge on any atom is -0.462 e. The molecule has 0 saturated heterocycles. The van der Waals surface area contributed by atoms with Gasteiger partial charge < -0.3 is 18.8 Å². The molecule has 2 aromatic rings. The molecule has 1 N–H and O–H groups in total. The fraction of sp³-hybridized carbons (Fsp3) is 0.520. The molecular weight excluding hydrogens is 486 g/mol. The Morgan fingerprint density at radius 3 is 2.11 bits per heavy atom. The monoisotopic (exact) mass is 519 g/mol. The normalized spacial score (nSPS) is 13.5. The number of esters is 3. The van der Waals surface area contributed by atoms with Crippen LogP contribution in [0.4, 0.5) is 0 Å². The van der Waals surface area contributed by atoms with E-state index in [1.54, 1.807) is 19.1 Å². The zero-order valence-electron chi connectivity index (χ0n) is 22.1.